The smallest absolute Gasteiger partial charge is 0.402 e. The van der Waals surface area contributed by atoms with Gasteiger partial charge in [0.2, 0.25) is 0 Å². The summed E-state index contributed by atoms with van der Waals surface area (Å²) >= 11 is 3.05. The Kier molecular flexibility index (Phi) is 3.03. The minimum Gasteiger partial charge on any atom is -0.402 e. The predicted molar refractivity (Wildman–Crippen MR) is 59.8 cm³/mol. The number of fused-ring (bicyclic) bond motifs is 1. The van der Waals surface area contributed by atoms with E-state index >= 15 is 0 Å². The lowest BCUT2D eigenvalue weighted by atomic mass is 10.2. The molecule has 0 fully saturated rings. The highest BCUT2D eigenvalue weighted by molar-refractivity contribution is 9.10. The van der Waals surface area contributed by atoms with E-state index in [1.54, 1.807) is 13.0 Å². The molecule has 0 radical (unpaired) electrons. The number of halogens is 4. The van der Waals surface area contributed by atoms with Gasteiger partial charge in [-0.1, -0.05) is 0 Å². The fraction of sp³-hybridized carbons (Fsp3) is 0.300. The molecular weight excluding hydrogens is 301 g/mol. The first-order valence-electron chi connectivity index (χ1n) is 4.82. The summed E-state index contributed by atoms with van der Waals surface area (Å²) in [7, 11) is 0. The molecule has 0 unspecified atom stereocenters. The Hall–Kier alpha value is -1.24. The Labute approximate surface area is 103 Å². The van der Waals surface area contributed by atoms with Crippen LogP contribution >= 0.6 is 15.9 Å². The lowest BCUT2D eigenvalue weighted by Gasteiger charge is -2.12. The standard InChI is InChI=1S/C10H8BrF3N2O/c1-2-16-8-6(5-15-16)3-4-7(11)9(8)17-10(12,13)14/h3-5H,2H2,1H3. The number of rotatable bonds is 2. The largest absolute Gasteiger partial charge is 0.573 e. The minimum atomic E-state index is -4.72. The zero-order chi connectivity index (χ0) is 12.6. The Balaban J connectivity index is 2.65. The molecule has 0 aliphatic carbocycles. The van der Waals surface area contributed by atoms with Crippen LogP contribution in [0.2, 0.25) is 0 Å². The van der Waals surface area contributed by atoms with Gasteiger partial charge in [-0.15, -0.1) is 13.2 Å². The lowest BCUT2D eigenvalue weighted by molar-refractivity contribution is -0.274. The van der Waals surface area contributed by atoms with Crippen LogP contribution in [0.25, 0.3) is 10.9 Å². The van der Waals surface area contributed by atoms with Crippen molar-refractivity contribution in [1.29, 1.82) is 0 Å². The number of aryl methyl sites for hydroxylation is 1. The second-order valence-corrected chi connectivity index (χ2v) is 4.18. The van der Waals surface area contributed by atoms with E-state index < -0.39 is 6.36 Å². The van der Waals surface area contributed by atoms with Crippen LogP contribution in [0.5, 0.6) is 5.75 Å². The number of ether oxygens (including phenoxy) is 1. The van der Waals surface area contributed by atoms with E-state index in [1.807, 2.05) is 0 Å². The van der Waals surface area contributed by atoms with Crippen molar-refractivity contribution in [2.75, 3.05) is 0 Å². The molecule has 2 aromatic rings. The molecule has 0 saturated carbocycles. The highest BCUT2D eigenvalue weighted by atomic mass is 79.9. The summed E-state index contributed by atoms with van der Waals surface area (Å²) in [6.07, 6.45) is -3.21. The van der Waals surface area contributed by atoms with Gasteiger partial charge < -0.3 is 4.74 Å². The molecule has 3 nitrogen and oxygen atoms in total. The number of benzene rings is 1. The Morgan fingerprint density at radius 2 is 2.12 bits per heavy atom. The van der Waals surface area contributed by atoms with Gasteiger partial charge in [-0.05, 0) is 35.0 Å². The van der Waals surface area contributed by atoms with Crippen LogP contribution in [0, 0.1) is 0 Å². The van der Waals surface area contributed by atoms with Gasteiger partial charge in [-0.3, -0.25) is 4.68 Å². The summed E-state index contributed by atoms with van der Waals surface area (Å²) < 4.78 is 42.7. The van der Waals surface area contributed by atoms with Gasteiger partial charge in [0, 0.05) is 11.9 Å². The second-order valence-electron chi connectivity index (χ2n) is 3.32. The van der Waals surface area contributed by atoms with E-state index in [4.69, 9.17) is 0 Å². The van der Waals surface area contributed by atoms with Crippen molar-refractivity contribution < 1.29 is 17.9 Å². The number of nitrogens with zero attached hydrogens (tertiary/aromatic N) is 2. The van der Waals surface area contributed by atoms with E-state index in [1.165, 1.54) is 16.9 Å². The third-order valence-corrected chi connectivity index (χ3v) is 2.85. The minimum absolute atomic E-state index is 0.248. The van der Waals surface area contributed by atoms with Gasteiger partial charge in [0.05, 0.1) is 10.7 Å². The summed E-state index contributed by atoms with van der Waals surface area (Å²) in [5.74, 6) is -0.255. The molecule has 0 amide bonds. The zero-order valence-electron chi connectivity index (χ0n) is 8.75. The molecule has 92 valence electrons. The van der Waals surface area contributed by atoms with Crippen molar-refractivity contribution in [3.05, 3.63) is 22.8 Å². The molecular formula is C10H8BrF3N2O. The van der Waals surface area contributed by atoms with Gasteiger partial charge in [-0.25, -0.2) is 0 Å². The highest BCUT2D eigenvalue weighted by Gasteiger charge is 2.33. The van der Waals surface area contributed by atoms with Crippen LogP contribution in [-0.4, -0.2) is 16.1 Å². The summed E-state index contributed by atoms with van der Waals surface area (Å²) in [6.45, 7) is 2.26. The normalized spacial score (nSPS) is 12.1. The quantitative estimate of drug-likeness (QED) is 0.845. The molecule has 1 aromatic carbocycles. The molecule has 0 spiro atoms. The highest BCUT2D eigenvalue weighted by Crippen LogP contribution is 2.37. The van der Waals surface area contributed by atoms with E-state index in [-0.39, 0.29) is 10.2 Å². The molecule has 0 aliphatic rings. The van der Waals surface area contributed by atoms with Crippen LogP contribution in [-0.2, 0) is 6.54 Å². The monoisotopic (exact) mass is 308 g/mol. The molecule has 17 heavy (non-hydrogen) atoms. The van der Waals surface area contributed by atoms with E-state index in [0.717, 1.165) is 0 Å². The van der Waals surface area contributed by atoms with Crippen molar-refractivity contribution in [2.24, 2.45) is 0 Å². The molecule has 1 aromatic heterocycles. The van der Waals surface area contributed by atoms with Gasteiger partial charge in [-0.2, -0.15) is 5.10 Å². The molecule has 0 bridgehead atoms. The molecule has 0 N–H and O–H groups in total. The van der Waals surface area contributed by atoms with Crippen molar-refractivity contribution in [1.82, 2.24) is 9.78 Å². The number of hydrogen-bond acceptors (Lipinski definition) is 2. The van der Waals surface area contributed by atoms with E-state index in [2.05, 4.69) is 25.8 Å². The SMILES string of the molecule is CCn1ncc2ccc(Br)c(OC(F)(F)F)c21. The van der Waals surface area contributed by atoms with Gasteiger partial charge in [0.1, 0.15) is 5.52 Å². The van der Waals surface area contributed by atoms with Crippen LogP contribution < -0.4 is 4.74 Å². The topological polar surface area (TPSA) is 27.1 Å². The maximum atomic E-state index is 12.3. The summed E-state index contributed by atoms with van der Waals surface area (Å²) in [5.41, 5.74) is 0.333. The average molecular weight is 309 g/mol. The first-order chi connectivity index (χ1) is 7.92. The molecule has 7 heteroatoms. The summed E-state index contributed by atoms with van der Waals surface area (Å²) in [5, 5.41) is 4.60. The molecule has 1 heterocycles. The first-order valence-corrected chi connectivity index (χ1v) is 5.61. The van der Waals surface area contributed by atoms with Crippen LogP contribution in [0.3, 0.4) is 0 Å². The maximum Gasteiger partial charge on any atom is 0.573 e. The molecule has 0 aliphatic heterocycles. The number of hydrogen-bond donors (Lipinski definition) is 0. The Morgan fingerprint density at radius 3 is 2.71 bits per heavy atom. The fourth-order valence-corrected chi connectivity index (χ4v) is 1.98. The van der Waals surface area contributed by atoms with E-state index in [9.17, 15) is 13.2 Å². The van der Waals surface area contributed by atoms with Crippen LogP contribution in [0.15, 0.2) is 22.8 Å². The lowest BCUT2D eigenvalue weighted by Crippen LogP contribution is -2.18. The molecule has 0 atom stereocenters. The van der Waals surface area contributed by atoms with Gasteiger partial charge >= 0.3 is 6.36 Å². The second kappa shape index (κ2) is 4.21. The zero-order valence-corrected chi connectivity index (χ0v) is 10.3. The summed E-state index contributed by atoms with van der Waals surface area (Å²) in [4.78, 5) is 0. The number of alkyl halides is 3. The van der Waals surface area contributed by atoms with E-state index in [0.29, 0.717) is 17.4 Å². The van der Waals surface area contributed by atoms with Crippen LogP contribution in [0.1, 0.15) is 6.92 Å². The van der Waals surface area contributed by atoms with Gasteiger partial charge in [0.25, 0.3) is 0 Å². The predicted octanol–water partition coefficient (Wildman–Crippen LogP) is 3.72. The van der Waals surface area contributed by atoms with Crippen LogP contribution in [0.4, 0.5) is 13.2 Å². The summed E-state index contributed by atoms with van der Waals surface area (Å²) in [6, 6.07) is 3.19. The third kappa shape index (κ3) is 2.38. The van der Waals surface area contributed by atoms with Crippen molar-refractivity contribution >= 4 is 26.8 Å². The van der Waals surface area contributed by atoms with Gasteiger partial charge in [0.15, 0.2) is 5.75 Å². The van der Waals surface area contributed by atoms with Crippen molar-refractivity contribution in [2.45, 2.75) is 19.8 Å². The molecule has 0 saturated heterocycles. The Morgan fingerprint density at radius 1 is 1.41 bits per heavy atom. The van der Waals surface area contributed by atoms with Crippen molar-refractivity contribution in [3.63, 3.8) is 0 Å². The molecule has 2 rings (SSSR count). The Bertz CT molecular complexity index is 550. The average Bonchev–Trinajstić information content (AvgIpc) is 2.64. The number of aromatic nitrogens is 2. The maximum absolute atomic E-state index is 12.3. The first kappa shape index (κ1) is 12.2. The fourth-order valence-electron chi connectivity index (χ4n) is 1.57. The third-order valence-electron chi connectivity index (χ3n) is 2.23. The van der Waals surface area contributed by atoms with Crippen molar-refractivity contribution in [3.8, 4) is 5.75 Å².